The van der Waals surface area contributed by atoms with Gasteiger partial charge in [0.05, 0.1) is 0 Å². The molecule has 1 atom stereocenters. The van der Waals surface area contributed by atoms with E-state index < -0.39 is 0 Å². The smallest absolute Gasteiger partial charge is 0.0302 e. The molecule has 0 aromatic heterocycles. The summed E-state index contributed by atoms with van der Waals surface area (Å²) in [6.45, 7) is 11.0. The fraction of sp³-hybridized carbons (Fsp3) is 0.625. The Balaban J connectivity index is 2.92. The van der Waals surface area contributed by atoms with Crippen molar-refractivity contribution in [2.75, 3.05) is 0 Å². The molecule has 0 fully saturated rings. The zero-order valence-corrected chi connectivity index (χ0v) is 12.0. The molecule has 0 spiro atoms. The Hall–Kier alpha value is -0.820. The van der Waals surface area contributed by atoms with E-state index in [-0.39, 0.29) is 6.04 Å². The normalized spacial score (nSPS) is 13.1. The van der Waals surface area contributed by atoms with Crippen LogP contribution in [0.1, 0.15) is 61.4 Å². The average molecular weight is 233 g/mol. The molecule has 0 amide bonds. The Morgan fingerprint density at radius 1 is 1.00 bits per heavy atom. The summed E-state index contributed by atoms with van der Waals surface area (Å²) in [7, 11) is 0. The summed E-state index contributed by atoms with van der Waals surface area (Å²) in [5.74, 6) is 0.755. The third kappa shape index (κ3) is 3.57. The Kier molecular flexibility index (Phi) is 5.20. The van der Waals surface area contributed by atoms with Crippen molar-refractivity contribution >= 4 is 0 Å². The first-order valence-electron chi connectivity index (χ1n) is 6.82. The van der Waals surface area contributed by atoms with Crippen molar-refractivity contribution in [3.05, 3.63) is 34.4 Å². The van der Waals surface area contributed by atoms with E-state index in [1.54, 1.807) is 0 Å². The molecule has 0 aliphatic heterocycles. The Morgan fingerprint density at radius 3 is 1.88 bits per heavy atom. The van der Waals surface area contributed by atoms with Gasteiger partial charge in [-0.1, -0.05) is 44.4 Å². The van der Waals surface area contributed by atoms with Gasteiger partial charge in [0.2, 0.25) is 0 Å². The highest BCUT2D eigenvalue weighted by Gasteiger charge is 2.16. The molecule has 1 rings (SSSR count). The summed E-state index contributed by atoms with van der Waals surface area (Å²) in [4.78, 5) is 0. The minimum Gasteiger partial charge on any atom is -0.324 e. The van der Waals surface area contributed by atoms with Crippen molar-refractivity contribution in [1.82, 2.24) is 0 Å². The summed E-state index contributed by atoms with van der Waals surface area (Å²) in [5.41, 5.74) is 11.8. The minimum atomic E-state index is 0.195. The van der Waals surface area contributed by atoms with Crippen LogP contribution in [0.4, 0.5) is 0 Å². The van der Waals surface area contributed by atoms with E-state index >= 15 is 0 Å². The van der Waals surface area contributed by atoms with Gasteiger partial charge in [-0.25, -0.2) is 0 Å². The van der Waals surface area contributed by atoms with Crippen molar-refractivity contribution in [3.8, 4) is 0 Å². The monoisotopic (exact) mass is 233 g/mol. The SMILES string of the molecule is CCC(CC)CC(N)c1c(C)cc(C)cc1C. The van der Waals surface area contributed by atoms with Gasteiger partial charge in [0, 0.05) is 6.04 Å². The molecule has 0 aliphatic carbocycles. The van der Waals surface area contributed by atoms with Crippen LogP contribution in [-0.2, 0) is 0 Å². The molecule has 0 aliphatic rings. The van der Waals surface area contributed by atoms with Crippen LogP contribution in [0, 0.1) is 26.7 Å². The van der Waals surface area contributed by atoms with Gasteiger partial charge in [-0.2, -0.15) is 0 Å². The maximum absolute atomic E-state index is 6.40. The zero-order valence-electron chi connectivity index (χ0n) is 12.0. The van der Waals surface area contributed by atoms with E-state index in [9.17, 15) is 0 Å². The van der Waals surface area contributed by atoms with Gasteiger partial charge < -0.3 is 5.73 Å². The van der Waals surface area contributed by atoms with Crippen LogP contribution in [-0.4, -0.2) is 0 Å². The third-order valence-electron chi connectivity index (χ3n) is 3.85. The lowest BCUT2D eigenvalue weighted by Crippen LogP contribution is -2.17. The topological polar surface area (TPSA) is 26.0 Å². The van der Waals surface area contributed by atoms with Crippen molar-refractivity contribution in [1.29, 1.82) is 0 Å². The second kappa shape index (κ2) is 6.20. The highest BCUT2D eigenvalue weighted by molar-refractivity contribution is 5.39. The lowest BCUT2D eigenvalue weighted by Gasteiger charge is -2.22. The second-order valence-electron chi connectivity index (χ2n) is 5.34. The molecule has 17 heavy (non-hydrogen) atoms. The predicted octanol–water partition coefficient (Wildman–Crippen LogP) is 4.44. The van der Waals surface area contributed by atoms with Crippen LogP contribution < -0.4 is 5.73 Å². The molecular formula is C16H27N. The van der Waals surface area contributed by atoms with Gasteiger partial charge in [0.25, 0.3) is 0 Å². The quantitative estimate of drug-likeness (QED) is 0.799. The van der Waals surface area contributed by atoms with E-state index in [1.807, 2.05) is 0 Å². The van der Waals surface area contributed by atoms with Gasteiger partial charge in [-0.05, 0) is 49.8 Å². The van der Waals surface area contributed by atoms with Crippen molar-refractivity contribution in [3.63, 3.8) is 0 Å². The molecular weight excluding hydrogens is 206 g/mol. The predicted molar refractivity (Wildman–Crippen MR) is 76.3 cm³/mol. The van der Waals surface area contributed by atoms with E-state index in [1.165, 1.54) is 35.1 Å². The molecule has 96 valence electrons. The Bertz CT molecular complexity index is 341. The average Bonchev–Trinajstić information content (AvgIpc) is 2.24. The standard InChI is InChI=1S/C16H27N/c1-6-14(7-2)10-15(17)16-12(4)8-11(3)9-13(16)5/h8-9,14-15H,6-7,10,17H2,1-5H3. The van der Waals surface area contributed by atoms with Crippen LogP contribution in [0.15, 0.2) is 12.1 Å². The van der Waals surface area contributed by atoms with Gasteiger partial charge in [0.1, 0.15) is 0 Å². The molecule has 2 N–H and O–H groups in total. The van der Waals surface area contributed by atoms with Crippen molar-refractivity contribution in [2.45, 2.75) is 59.9 Å². The largest absolute Gasteiger partial charge is 0.324 e. The second-order valence-corrected chi connectivity index (χ2v) is 5.34. The van der Waals surface area contributed by atoms with Crippen LogP contribution in [0.25, 0.3) is 0 Å². The molecule has 0 heterocycles. The Labute approximate surface area is 106 Å². The minimum absolute atomic E-state index is 0.195. The van der Waals surface area contributed by atoms with Gasteiger partial charge >= 0.3 is 0 Å². The number of aryl methyl sites for hydroxylation is 3. The molecule has 0 saturated carbocycles. The molecule has 0 saturated heterocycles. The number of hydrogen-bond acceptors (Lipinski definition) is 1. The number of hydrogen-bond donors (Lipinski definition) is 1. The first-order valence-corrected chi connectivity index (χ1v) is 6.82. The summed E-state index contributed by atoms with van der Waals surface area (Å²) in [6, 6.07) is 4.69. The molecule has 1 aromatic rings. The summed E-state index contributed by atoms with van der Waals surface area (Å²) in [5, 5.41) is 0. The van der Waals surface area contributed by atoms with E-state index in [0.29, 0.717) is 0 Å². The van der Waals surface area contributed by atoms with Gasteiger partial charge in [-0.3, -0.25) is 0 Å². The lowest BCUT2D eigenvalue weighted by molar-refractivity contribution is 0.413. The van der Waals surface area contributed by atoms with E-state index in [4.69, 9.17) is 5.73 Å². The number of benzene rings is 1. The molecule has 1 heteroatoms. The Morgan fingerprint density at radius 2 is 1.47 bits per heavy atom. The van der Waals surface area contributed by atoms with Gasteiger partial charge in [-0.15, -0.1) is 0 Å². The summed E-state index contributed by atoms with van der Waals surface area (Å²) >= 11 is 0. The maximum Gasteiger partial charge on any atom is 0.0302 e. The highest BCUT2D eigenvalue weighted by Crippen LogP contribution is 2.28. The van der Waals surface area contributed by atoms with E-state index in [2.05, 4.69) is 46.8 Å². The molecule has 0 bridgehead atoms. The number of nitrogens with two attached hydrogens (primary N) is 1. The van der Waals surface area contributed by atoms with E-state index in [0.717, 1.165) is 12.3 Å². The summed E-state index contributed by atoms with van der Waals surface area (Å²) in [6.07, 6.45) is 3.57. The molecule has 0 radical (unpaired) electrons. The fourth-order valence-electron chi connectivity index (χ4n) is 2.88. The zero-order chi connectivity index (χ0) is 13.0. The van der Waals surface area contributed by atoms with Crippen molar-refractivity contribution < 1.29 is 0 Å². The number of rotatable bonds is 5. The lowest BCUT2D eigenvalue weighted by atomic mass is 9.87. The molecule has 1 unspecified atom stereocenters. The highest BCUT2D eigenvalue weighted by atomic mass is 14.6. The van der Waals surface area contributed by atoms with Crippen LogP contribution in [0.2, 0.25) is 0 Å². The maximum atomic E-state index is 6.40. The molecule has 1 aromatic carbocycles. The first kappa shape index (κ1) is 14.2. The van der Waals surface area contributed by atoms with Crippen LogP contribution >= 0.6 is 0 Å². The first-order chi connectivity index (χ1) is 7.99. The fourth-order valence-corrected chi connectivity index (χ4v) is 2.88. The third-order valence-corrected chi connectivity index (χ3v) is 3.85. The van der Waals surface area contributed by atoms with Crippen LogP contribution in [0.3, 0.4) is 0 Å². The van der Waals surface area contributed by atoms with Gasteiger partial charge in [0.15, 0.2) is 0 Å². The molecule has 1 nitrogen and oxygen atoms in total. The van der Waals surface area contributed by atoms with Crippen LogP contribution in [0.5, 0.6) is 0 Å². The van der Waals surface area contributed by atoms with Crippen molar-refractivity contribution in [2.24, 2.45) is 11.7 Å². The summed E-state index contributed by atoms with van der Waals surface area (Å²) < 4.78 is 0.